The fourth-order valence-corrected chi connectivity index (χ4v) is 2.65. The average Bonchev–Trinajstić information content (AvgIpc) is 2.79. The number of methoxy groups -OCH3 is 2. The second-order valence-electron chi connectivity index (χ2n) is 4.96. The minimum Gasteiger partial charge on any atom is -0.493 e. The average molecular weight is 272 g/mol. The number of nitrogens with zero attached hydrogens (tertiary/aromatic N) is 2. The zero-order chi connectivity index (χ0) is 14.3. The van der Waals surface area contributed by atoms with Gasteiger partial charge >= 0.3 is 0 Å². The Morgan fingerprint density at radius 1 is 1.30 bits per heavy atom. The van der Waals surface area contributed by atoms with Crippen LogP contribution in [0.25, 0.3) is 0 Å². The molecule has 1 atom stereocenters. The van der Waals surface area contributed by atoms with E-state index in [1.54, 1.807) is 31.3 Å². The normalized spacial score (nSPS) is 20.5. The summed E-state index contributed by atoms with van der Waals surface area (Å²) in [6.07, 6.45) is 2.59. The van der Waals surface area contributed by atoms with Crippen LogP contribution >= 0.6 is 0 Å². The molecule has 1 amide bonds. The Balaban J connectivity index is 2.11. The monoisotopic (exact) mass is 272 g/mol. The lowest BCUT2D eigenvalue weighted by molar-refractivity contribution is 0.0777. The van der Waals surface area contributed by atoms with Gasteiger partial charge in [0.2, 0.25) is 0 Å². The Morgan fingerprint density at radius 3 is 2.70 bits per heavy atom. The van der Waals surface area contributed by atoms with Crippen molar-refractivity contribution in [2.75, 3.05) is 20.8 Å². The molecule has 3 rings (SSSR count). The third-order valence-electron chi connectivity index (χ3n) is 3.67. The molecule has 1 aromatic rings. The Labute approximate surface area is 117 Å². The van der Waals surface area contributed by atoms with Gasteiger partial charge < -0.3 is 14.4 Å². The van der Waals surface area contributed by atoms with E-state index in [0.717, 1.165) is 12.0 Å². The highest BCUT2D eigenvalue weighted by molar-refractivity contribution is 6.03. The van der Waals surface area contributed by atoms with Crippen LogP contribution in [0.3, 0.4) is 0 Å². The van der Waals surface area contributed by atoms with Gasteiger partial charge in [-0.2, -0.15) is 0 Å². The van der Waals surface area contributed by atoms with E-state index >= 15 is 0 Å². The van der Waals surface area contributed by atoms with Gasteiger partial charge in [0.25, 0.3) is 5.91 Å². The molecule has 1 aromatic carbocycles. The molecule has 0 bridgehead atoms. The first-order chi connectivity index (χ1) is 9.63. The summed E-state index contributed by atoms with van der Waals surface area (Å²) in [5.41, 5.74) is 2.21. The van der Waals surface area contributed by atoms with Crippen molar-refractivity contribution in [2.45, 2.75) is 12.5 Å². The van der Waals surface area contributed by atoms with Crippen LogP contribution < -0.4 is 9.47 Å². The predicted molar refractivity (Wildman–Crippen MR) is 76.3 cm³/mol. The second-order valence-corrected chi connectivity index (χ2v) is 4.96. The third-order valence-corrected chi connectivity index (χ3v) is 3.67. The number of carbonyl (C=O) groups is 1. The minimum absolute atomic E-state index is 0.000565. The Hall–Kier alpha value is -2.30. The number of rotatable bonds is 2. The SMILES string of the molecule is C=C1CC2C=Nc3cc(OC)c(OC)cc3C(=O)N2C1. The molecule has 1 fully saturated rings. The molecule has 0 spiro atoms. The number of hydrogen-bond acceptors (Lipinski definition) is 4. The molecule has 20 heavy (non-hydrogen) atoms. The van der Waals surface area contributed by atoms with E-state index in [2.05, 4.69) is 11.6 Å². The zero-order valence-corrected chi connectivity index (χ0v) is 11.5. The molecular formula is C15H16N2O3. The topological polar surface area (TPSA) is 51.1 Å². The number of aliphatic imine (C=N–C) groups is 1. The van der Waals surface area contributed by atoms with Crippen molar-refractivity contribution in [1.82, 2.24) is 4.90 Å². The quantitative estimate of drug-likeness (QED) is 0.775. The van der Waals surface area contributed by atoms with Crippen LogP contribution in [-0.2, 0) is 0 Å². The lowest BCUT2D eigenvalue weighted by Gasteiger charge is -2.20. The van der Waals surface area contributed by atoms with Crippen LogP contribution in [0.15, 0.2) is 29.3 Å². The minimum atomic E-state index is -0.0397. The largest absolute Gasteiger partial charge is 0.493 e. The number of ether oxygens (including phenoxy) is 2. The molecule has 0 aliphatic carbocycles. The van der Waals surface area contributed by atoms with E-state index in [-0.39, 0.29) is 11.9 Å². The predicted octanol–water partition coefficient (Wildman–Crippen LogP) is 2.19. The number of amides is 1. The van der Waals surface area contributed by atoms with Gasteiger partial charge in [-0.3, -0.25) is 9.79 Å². The molecule has 0 N–H and O–H groups in total. The first-order valence-electron chi connectivity index (χ1n) is 6.42. The van der Waals surface area contributed by atoms with E-state index in [0.29, 0.717) is 29.3 Å². The van der Waals surface area contributed by atoms with Crippen molar-refractivity contribution in [3.63, 3.8) is 0 Å². The maximum Gasteiger partial charge on any atom is 0.257 e. The number of fused-ring (bicyclic) bond motifs is 2. The summed E-state index contributed by atoms with van der Waals surface area (Å²) in [6.45, 7) is 4.55. The van der Waals surface area contributed by atoms with Gasteiger partial charge in [0.15, 0.2) is 11.5 Å². The lowest BCUT2D eigenvalue weighted by Crippen LogP contribution is -2.35. The molecule has 0 radical (unpaired) electrons. The second kappa shape index (κ2) is 4.67. The van der Waals surface area contributed by atoms with Crippen LogP contribution in [-0.4, -0.2) is 43.8 Å². The van der Waals surface area contributed by atoms with Crippen LogP contribution in [0.5, 0.6) is 11.5 Å². The Kier molecular flexibility index (Phi) is 2.97. The van der Waals surface area contributed by atoms with Crippen LogP contribution in [0.1, 0.15) is 16.8 Å². The van der Waals surface area contributed by atoms with E-state index < -0.39 is 0 Å². The standard InChI is InChI=1S/C15H16N2O3/c1-9-4-10-7-16-12-6-14(20-3)13(19-2)5-11(12)15(18)17(10)8-9/h5-7,10H,1,4,8H2,2-3H3. The van der Waals surface area contributed by atoms with E-state index in [9.17, 15) is 4.79 Å². The van der Waals surface area contributed by atoms with Crippen molar-refractivity contribution in [3.05, 3.63) is 29.8 Å². The number of hydrogen-bond donors (Lipinski definition) is 0. The number of benzene rings is 1. The maximum atomic E-state index is 12.6. The summed E-state index contributed by atoms with van der Waals surface area (Å²) in [5, 5.41) is 0. The van der Waals surface area contributed by atoms with Crippen molar-refractivity contribution >= 4 is 17.8 Å². The fraction of sp³-hybridized carbons (Fsp3) is 0.333. The van der Waals surface area contributed by atoms with Gasteiger partial charge in [-0.1, -0.05) is 12.2 Å². The first kappa shape index (κ1) is 12.7. The first-order valence-corrected chi connectivity index (χ1v) is 6.42. The lowest BCUT2D eigenvalue weighted by atomic mass is 10.1. The van der Waals surface area contributed by atoms with E-state index in [4.69, 9.17) is 9.47 Å². The fourth-order valence-electron chi connectivity index (χ4n) is 2.65. The van der Waals surface area contributed by atoms with Crippen LogP contribution in [0.2, 0.25) is 0 Å². The molecule has 0 saturated carbocycles. The Bertz CT molecular complexity index is 622. The molecule has 1 saturated heterocycles. The molecule has 104 valence electrons. The maximum absolute atomic E-state index is 12.6. The highest BCUT2D eigenvalue weighted by Gasteiger charge is 2.34. The summed E-state index contributed by atoms with van der Waals surface area (Å²) >= 11 is 0. The van der Waals surface area contributed by atoms with Gasteiger partial charge in [0, 0.05) is 18.8 Å². The molecule has 1 unspecified atom stereocenters. The molecule has 5 heteroatoms. The Morgan fingerprint density at radius 2 is 2.00 bits per heavy atom. The van der Waals surface area contributed by atoms with Crippen molar-refractivity contribution < 1.29 is 14.3 Å². The van der Waals surface area contributed by atoms with Gasteiger partial charge in [0.1, 0.15) is 0 Å². The molecule has 5 nitrogen and oxygen atoms in total. The van der Waals surface area contributed by atoms with Gasteiger partial charge in [0.05, 0.1) is 31.5 Å². The molecule has 2 heterocycles. The molecule has 0 aromatic heterocycles. The molecular weight excluding hydrogens is 256 g/mol. The summed E-state index contributed by atoms with van der Waals surface area (Å²) in [4.78, 5) is 18.9. The summed E-state index contributed by atoms with van der Waals surface area (Å²) in [7, 11) is 3.11. The molecule has 2 aliphatic rings. The van der Waals surface area contributed by atoms with Crippen molar-refractivity contribution in [3.8, 4) is 11.5 Å². The van der Waals surface area contributed by atoms with Gasteiger partial charge in [-0.25, -0.2) is 0 Å². The van der Waals surface area contributed by atoms with Crippen LogP contribution in [0.4, 0.5) is 5.69 Å². The highest BCUT2D eigenvalue weighted by Crippen LogP contribution is 2.38. The summed E-state index contributed by atoms with van der Waals surface area (Å²) < 4.78 is 10.5. The van der Waals surface area contributed by atoms with E-state index in [1.165, 1.54) is 0 Å². The summed E-state index contributed by atoms with van der Waals surface area (Å²) in [6, 6.07) is 3.43. The smallest absolute Gasteiger partial charge is 0.257 e. The van der Waals surface area contributed by atoms with Gasteiger partial charge in [-0.05, 0) is 12.5 Å². The third kappa shape index (κ3) is 1.86. The summed E-state index contributed by atoms with van der Waals surface area (Å²) in [5.74, 6) is 1.07. The van der Waals surface area contributed by atoms with Crippen molar-refractivity contribution in [1.29, 1.82) is 0 Å². The van der Waals surface area contributed by atoms with Gasteiger partial charge in [-0.15, -0.1) is 0 Å². The number of carbonyl (C=O) groups excluding carboxylic acids is 1. The highest BCUT2D eigenvalue weighted by atomic mass is 16.5. The van der Waals surface area contributed by atoms with E-state index in [1.807, 2.05) is 6.21 Å². The molecule has 2 aliphatic heterocycles. The van der Waals surface area contributed by atoms with Crippen LogP contribution in [0, 0.1) is 0 Å². The van der Waals surface area contributed by atoms with Crippen molar-refractivity contribution in [2.24, 2.45) is 4.99 Å². The zero-order valence-electron chi connectivity index (χ0n) is 11.5.